The van der Waals surface area contributed by atoms with E-state index in [-0.39, 0.29) is 11.6 Å². The van der Waals surface area contributed by atoms with Gasteiger partial charge >= 0.3 is 0 Å². The minimum Gasteiger partial charge on any atom is -0.319 e. The zero-order valence-electron chi connectivity index (χ0n) is 13.1. The van der Waals surface area contributed by atoms with Crippen LogP contribution < -0.4 is 10.2 Å². The first-order valence-corrected chi connectivity index (χ1v) is 7.16. The van der Waals surface area contributed by atoms with E-state index in [1.165, 1.54) is 23.2 Å². The second-order valence-electron chi connectivity index (χ2n) is 6.03. The third-order valence-corrected chi connectivity index (χ3v) is 4.13. The fourth-order valence-electron chi connectivity index (χ4n) is 2.77. The molecule has 0 unspecified atom stereocenters. The molecule has 1 aromatic carbocycles. The molecule has 118 valence electrons. The Balaban J connectivity index is 1.98. The number of amides is 2. The first-order chi connectivity index (χ1) is 10.8. The summed E-state index contributed by atoms with van der Waals surface area (Å²) in [5.74, 6) is -1.14. The number of aromatic nitrogens is 1. The standard InChI is InChI=1S/C17H16FN3O2/c1-17(2)11-7-12(18)13(8-14(11)21(3)16(17)23)20-15(22)10-5-4-6-19-9-10/h4-9H,1-3H3,(H,20,22). The molecule has 0 aliphatic carbocycles. The second kappa shape index (κ2) is 5.15. The molecule has 0 radical (unpaired) electrons. The summed E-state index contributed by atoms with van der Waals surface area (Å²) < 4.78 is 14.4. The molecule has 0 saturated carbocycles. The Bertz CT molecular complexity index is 803. The summed E-state index contributed by atoms with van der Waals surface area (Å²) in [6.45, 7) is 3.51. The van der Waals surface area contributed by atoms with Crippen molar-refractivity contribution < 1.29 is 14.0 Å². The van der Waals surface area contributed by atoms with E-state index in [0.717, 1.165) is 0 Å². The summed E-state index contributed by atoms with van der Waals surface area (Å²) in [7, 11) is 1.64. The van der Waals surface area contributed by atoms with Crippen LogP contribution in [0.15, 0.2) is 36.7 Å². The second-order valence-corrected chi connectivity index (χ2v) is 6.03. The highest BCUT2D eigenvalue weighted by molar-refractivity contribution is 6.09. The van der Waals surface area contributed by atoms with E-state index in [0.29, 0.717) is 16.8 Å². The highest BCUT2D eigenvalue weighted by Gasteiger charge is 2.42. The topological polar surface area (TPSA) is 62.3 Å². The van der Waals surface area contributed by atoms with Gasteiger partial charge in [0.1, 0.15) is 5.82 Å². The summed E-state index contributed by atoms with van der Waals surface area (Å²) >= 11 is 0. The van der Waals surface area contributed by atoms with Crippen LogP contribution in [0.25, 0.3) is 0 Å². The molecule has 23 heavy (non-hydrogen) atoms. The molecule has 6 heteroatoms. The van der Waals surface area contributed by atoms with E-state index in [1.54, 1.807) is 39.2 Å². The van der Waals surface area contributed by atoms with Crippen molar-refractivity contribution in [1.82, 2.24) is 4.98 Å². The molecule has 2 amide bonds. The number of nitrogens with zero attached hydrogens (tertiary/aromatic N) is 2. The first-order valence-electron chi connectivity index (χ1n) is 7.16. The molecule has 0 saturated heterocycles. The van der Waals surface area contributed by atoms with Crippen LogP contribution in [0.2, 0.25) is 0 Å². The molecule has 0 fully saturated rings. The van der Waals surface area contributed by atoms with Crippen molar-refractivity contribution in [3.63, 3.8) is 0 Å². The highest BCUT2D eigenvalue weighted by Crippen LogP contribution is 2.42. The lowest BCUT2D eigenvalue weighted by atomic mass is 9.86. The lowest BCUT2D eigenvalue weighted by Crippen LogP contribution is -2.33. The Kier molecular flexibility index (Phi) is 3.39. The van der Waals surface area contributed by atoms with E-state index in [9.17, 15) is 14.0 Å². The van der Waals surface area contributed by atoms with Gasteiger partial charge in [-0.2, -0.15) is 0 Å². The minimum atomic E-state index is -0.781. The van der Waals surface area contributed by atoms with E-state index >= 15 is 0 Å². The van der Waals surface area contributed by atoms with Crippen LogP contribution in [0.4, 0.5) is 15.8 Å². The fourth-order valence-corrected chi connectivity index (χ4v) is 2.77. The van der Waals surface area contributed by atoms with E-state index in [4.69, 9.17) is 0 Å². The number of anilines is 2. The number of hydrogen-bond donors (Lipinski definition) is 1. The van der Waals surface area contributed by atoms with Crippen LogP contribution in [0.1, 0.15) is 29.8 Å². The molecule has 2 aromatic rings. The number of pyridine rings is 1. The number of fused-ring (bicyclic) bond motifs is 1. The number of carbonyl (C=O) groups is 2. The van der Waals surface area contributed by atoms with Crippen LogP contribution in [-0.2, 0) is 10.2 Å². The molecule has 1 aromatic heterocycles. The van der Waals surface area contributed by atoms with Gasteiger partial charge < -0.3 is 10.2 Å². The van der Waals surface area contributed by atoms with E-state index in [2.05, 4.69) is 10.3 Å². The molecule has 1 aliphatic rings. The van der Waals surface area contributed by atoms with Gasteiger partial charge in [0.2, 0.25) is 5.91 Å². The van der Waals surface area contributed by atoms with Crippen molar-refractivity contribution in [2.75, 3.05) is 17.3 Å². The van der Waals surface area contributed by atoms with Crippen LogP contribution >= 0.6 is 0 Å². The smallest absolute Gasteiger partial charge is 0.257 e. The van der Waals surface area contributed by atoms with Crippen LogP contribution in [0.5, 0.6) is 0 Å². The number of carbonyl (C=O) groups excluding carboxylic acids is 2. The maximum Gasteiger partial charge on any atom is 0.257 e. The molecule has 0 bridgehead atoms. The SMILES string of the molecule is CN1C(=O)C(C)(C)c2cc(F)c(NC(=O)c3cccnc3)cc21. The third kappa shape index (κ3) is 2.36. The zero-order valence-corrected chi connectivity index (χ0v) is 13.1. The molecule has 1 aliphatic heterocycles. The molecule has 3 rings (SSSR count). The summed E-state index contributed by atoms with van der Waals surface area (Å²) in [5.41, 5.74) is 0.800. The van der Waals surface area contributed by atoms with Crippen molar-refractivity contribution >= 4 is 23.2 Å². The van der Waals surface area contributed by atoms with Crippen molar-refractivity contribution in [3.8, 4) is 0 Å². The number of halogens is 1. The zero-order chi connectivity index (χ0) is 16.8. The van der Waals surface area contributed by atoms with Crippen molar-refractivity contribution in [2.24, 2.45) is 0 Å². The Morgan fingerprint density at radius 3 is 2.74 bits per heavy atom. The lowest BCUT2D eigenvalue weighted by molar-refractivity contribution is -0.121. The van der Waals surface area contributed by atoms with Gasteiger partial charge in [-0.3, -0.25) is 14.6 Å². The van der Waals surface area contributed by atoms with Gasteiger partial charge in [-0.1, -0.05) is 0 Å². The summed E-state index contributed by atoms with van der Waals surface area (Å²) in [4.78, 5) is 29.7. The Hall–Kier alpha value is -2.76. The largest absolute Gasteiger partial charge is 0.319 e. The van der Waals surface area contributed by atoms with Gasteiger partial charge in [-0.05, 0) is 43.7 Å². The predicted octanol–water partition coefficient (Wildman–Crippen LogP) is 2.73. The normalized spacial score (nSPS) is 15.5. The van der Waals surface area contributed by atoms with E-state index in [1.807, 2.05) is 0 Å². The number of benzene rings is 1. The van der Waals surface area contributed by atoms with Crippen LogP contribution in [0, 0.1) is 5.82 Å². The average Bonchev–Trinajstić information content (AvgIpc) is 2.70. The molecule has 0 atom stereocenters. The maximum absolute atomic E-state index is 14.4. The summed E-state index contributed by atoms with van der Waals surface area (Å²) in [5, 5.41) is 2.53. The molecule has 5 nitrogen and oxygen atoms in total. The molecular formula is C17H16FN3O2. The van der Waals surface area contributed by atoms with Crippen molar-refractivity contribution in [2.45, 2.75) is 19.3 Å². The molecular weight excluding hydrogens is 297 g/mol. The van der Waals surface area contributed by atoms with Gasteiger partial charge in [0.25, 0.3) is 5.91 Å². The predicted molar refractivity (Wildman–Crippen MR) is 85.0 cm³/mol. The number of hydrogen-bond acceptors (Lipinski definition) is 3. The van der Waals surface area contributed by atoms with Gasteiger partial charge in [0, 0.05) is 25.1 Å². The quantitative estimate of drug-likeness (QED) is 0.927. The molecule has 0 spiro atoms. The summed E-state index contributed by atoms with van der Waals surface area (Å²) in [6.07, 6.45) is 2.95. The summed E-state index contributed by atoms with van der Waals surface area (Å²) in [6, 6.07) is 6.02. The minimum absolute atomic E-state index is 0.0370. The van der Waals surface area contributed by atoms with Crippen LogP contribution in [0.3, 0.4) is 0 Å². The Morgan fingerprint density at radius 2 is 2.09 bits per heavy atom. The number of likely N-dealkylation sites (N-methyl/N-ethyl adjacent to an activating group) is 1. The average molecular weight is 313 g/mol. The fraction of sp³-hybridized carbons (Fsp3) is 0.235. The van der Waals surface area contributed by atoms with Crippen LogP contribution in [-0.4, -0.2) is 23.8 Å². The number of rotatable bonds is 2. The highest BCUT2D eigenvalue weighted by atomic mass is 19.1. The van der Waals surface area contributed by atoms with E-state index < -0.39 is 17.1 Å². The third-order valence-electron chi connectivity index (χ3n) is 4.13. The monoisotopic (exact) mass is 313 g/mol. The Morgan fingerprint density at radius 1 is 1.35 bits per heavy atom. The van der Waals surface area contributed by atoms with Gasteiger partial charge in [0.15, 0.2) is 0 Å². The van der Waals surface area contributed by atoms with Crippen molar-refractivity contribution in [1.29, 1.82) is 0 Å². The van der Waals surface area contributed by atoms with Gasteiger partial charge in [-0.15, -0.1) is 0 Å². The first kappa shape index (κ1) is 15.1. The Labute approximate surface area is 133 Å². The maximum atomic E-state index is 14.4. The number of nitrogens with one attached hydrogen (secondary N) is 1. The lowest BCUT2D eigenvalue weighted by Gasteiger charge is -2.16. The molecule has 2 heterocycles. The van der Waals surface area contributed by atoms with Gasteiger partial charge in [0.05, 0.1) is 16.7 Å². The van der Waals surface area contributed by atoms with Crippen molar-refractivity contribution in [3.05, 3.63) is 53.6 Å². The molecule has 1 N–H and O–H groups in total. The van der Waals surface area contributed by atoms with Gasteiger partial charge in [-0.25, -0.2) is 4.39 Å².